The zero-order chi connectivity index (χ0) is 15.3. The third-order valence-corrected chi connectivity index (χ3v) is 5.24. The van der Waals surface area contributed by atoms with Crippen molar-refractivity contribution in [3.8, 4) is 0 Å². The standard InChI is InChI=1S/C16H31N3O2.2ClH/c1-13(14(2)17)15(20)18-12-16(6-10-21-11-7-16)19-8-4-3-5-9-19;;/h13-14H,3-12,17H2,1-2H3,(H,18,20);2*1H. The second-order valence-corrected chi connectivity index (χ2v) is 6.75. The molecule has 0 spiro atoms. The minimum atomic E-state index is -0.136. The molecular formula is C16H33Cl2N3O2. The summed E-state index contributed by atoms with van der Waals surface area (Å²) >= 11 is 0. The average molecular weight is 370 g/mol. The Hall–Kier alpha value is -0.0700. The van der Waals surface area contributed by atoms with Crippen LogP contribution in [0.15, 0.2) is 0 Å². The van der Waals surface area contributed by atoms with Gasteiger partial charge < -0.3 is 15.8 Å². The number of nitrogens with zero attached hydrogens (tertiary/aromatic N) is 1. The molecule has 5 nitrogen and oxygen atoms in total. The van der Waals surface area contributed by atoms with Crippen LogP contribution in [-0.4, -0.2) is 55.2 Å². The number of carbonyl (C=O) groups excluding carboxylic acids is 1. The van der Waals surface area contributed by atoms with Gasteiger partial charge in [-0.2, -0.15) is 0 Å². The van der Waals surface area contributed by atoms with Gasteiger partial charge in [0.25, 0.3) is 0 Å². The van der Waals surface area contributed by atoms with Crippen LogP contribution >= 0.6 is 24.8 Å². The molecule has 2 heterocycles. The Kier molecular flexibility index (Phi) is 10.7. The second-order valence-electron chi connectivity index (χ2n) is 6.75. The Labute approximate surface area is 152 Å². The molecule has 2 aliphatic heterocycles. The Morgan fingerprint density at radius 2 is 1.74 bits per heavy atom. The monoisotopic (exact) mass is 369 g/mol. The van der Waals surface area contributed by atoms with E-state index in [2.05, 4.69) is 10.2 Å². The second kappa shape index (κ2) is 10.7. The van der Waals surface area contributed by atoms with Crippen LogP contribution in [0.25, 0.3) is 0 Å². The van der Waals surface area contributed by atoms with Crippen molar-refractivity contribution in [2.45, 2.75) is 57.5 Å². The summed E-state index contributed by atoms with van der Waals surface area (Å²) in [7, 11) is 0. The smallest absolute Gasteiger partial charge is 0.224 e. The average Bonchev–Trinajstić information content (AvgIpc) is 2.53. The summed E-state index contributed by atoms with van der Waals surface area (Å²) in [5.74, 6) is -0.0591. The van der Waals surface area contributed by atoms with Crippen LogP contribution in [0.5, 0.6) is 0 Å². The maximum atomic E-state index is 12.2. The fourth-order valence-corrected chi connectivity index (χ4v) is 3.38. The van der Waals surface area contributed by atoms with Crippen molar-refractivity contribution in [3.05, 3.63) is 0 Å². The number of piperidine rings is 1. The van der Waals surface area contributed by atoms with Gasteiger partial charge in [0.15, 0.2) is 0 Å². The van der Waals surface area contributed by atoms with E-state index in [0.29, 0.717) is 0 Å². The summed E-state index contributed by atoms with van der Waals surface area (Å²) in [6, 6.07) is -0.106. The predicted octanol–water partition coefficient (Wildman–Crippen LogP) is 1.96. The van der Waals surface area contributed by atoms with E-state index in [4.69, 9.17) is 10.5 Å². The number of amides is 1. The molecule has 23 heavy (non-hydrogen) atoms. The molecule has 2 rings (SSSR count). The van der Waals surface area contributed by atoms with Gasteiger partial charge in [0.05, 0.1) is 0 Å². The van der Waals surface area contributed by atoms with Crippen molar-refractivity contribution < 1.29 is 9.53 Å². The fourth-order valence-electron chi connectivity index (χ4n) is 3.38. The Morgan fingerprint density at radius 3 is 2.26 bits per heavy atom. The molecule has 1 amide bonds. The van der Waals surface area contributed by atoms with Crippen LogP contribution in [0.1, 0.15) is 46.0 Å². The first-order valence-electron chi connectivity index (χ1n) is 8.41. The lowest BCUT2D eigenvalue weighted by Gasteiger charge is -2.48. The number of likely N-dealkylation sites (tertiary alicyclic amines) is 1. The van der Waals surface area contributed by atoms with Gasteiger partial charge in [0.2, 0.25) is 5.91 Å². The summed E-state index contributed by atoms with van der Waals surface area (Å²) in [5.41, 5.74) is 5.92. The summed E-state index contributed by atoms with van der Waals surface area (Å²) in [6.07, 6.45) is 5.90. The number of hydrogen-bond donors (Lipinski definition) is 2. The maximum Gasteiger partial charge on any atom is 0.224 e. The highest BCUT2D eigenvalue weighted by Gasteiger charge is 2.39. The van der Waals surface area contributed by atoms with Crippen molar-refractivity contribution in [2.75, 3.05) is 32.8 Å². The van der Waals surface area contributed by atoms with Crippen LogP contribution in [0.2, 0.25) is 0 Å². The van der Waals surface area contributed by atoms with Crippen molar-refractivity contribution >= 4 is 30.7 Å². The van der Waals surface area contributed by atoms with Gasteiger partial charge in [0.1, 0.15) is 0 Å². The van der Waals surface area contributed by atoms with Gasteiger partial charge in [-0.05, 0) is 45.7 Å². The quantitative estimate of drug-likeness (QED) is 0.777. The first kappa shape index (κ1) is 22.9. The maximum absolute atomic E-state index is 12.2. The molecule has 0 aliphatic carbocycles. The molecule has 0 radical (unpaired) electrons. The molecule has 2 fully saturated rings. The van der Waals surface area contributed by atoms with Crippen LogP contribution in [-0.2, 0) is 9.53 Å². The third kappa shape index (κ3) is 6.05. The van der Waals surface area contributed by atoms with Gasteiger partial charge in [-0.25, -0.2) is 0 Å². The number of carbonyl (C=O) groups is 1. The number of ether oxygens (including phenoxy) is 1. The van der Waals surface area contributed by atoms with Crippen molar-refractivity contribution in [3.63, 3.8) is 0 Å². The van der Waals surface area contributed by atoms with Crippen molar-refractivity contribution in [1.82, 2.24) is 10.2 Å². The largest absolute Gasteiger partial charge is 0.381 e. The molecule has 138 valence electrons. The highest BCUT2D eigenvalue weighted by molar-refractivity contribution is 5.85. The Balaban J connectivity index is 0.00000242. The summed E-state index contributed by atoms with van der Waals surface area (Å²) < 4.78 is 5.55. The molecule has 3 N–H and O–H groups in total. The van der Waals surface area contributed by atoms with Gasteiger partial charge in [-0.15, -0.1) is 24.8 Å². The lowest BCUT2D eigenvalue weighted by atomic mass is 9.85. The van der Waals surface area contributed by atoms with E-state index in [1.807, 2.05) is 13.8 Å². The normalized spacial score (nSPS) is 23.8. The lowest BCUT2D eigenvalue weighted by molar-refractivity contribution is -0.126. The number of hydrogen-bond acceptors (Lipinski definition) is 4. The Bertz CT molecular complexity index is 344. The molecule has 0 bridgehead atoms. The molecule has 2 atom stereocenters. The Morgan fingerprint density at radius 1 is 1.17 bits per heavy atom. The molecule has 0 saturated carbocycles. The van der Waals surface area contributed by atoms with Crippen molar-refractivity contribution in [1.29, 1.82) is 0 Å². The number of halogens is 2. The molecule has 0 aromatic rings. The van der Waals surface area contributed by atoms with Gasteiger partial charge in [0, 0.05) is 37.3 Å². The summed E-state index contributed by atoms with van der Waals surface area (Å²) in [6.45, 7) is 8.42. The van der Waals surface area contributed by atoms with Gasteiger partial charge in [-0.3, -0.25) is 9.69 Å². The number of nitrogens with one attached hydrogen (secondary N) is 1. The zero-order valence-electron chi connectivity index (χ0n) is 14.4. The molecule has 2 saturated heterocycles. The van der Waals surface area contributed by atoms with E-state index < -0.39 is 0 Å². The number of nitrogens with two attached hydrogens (primary N) is 1. The number of rotatable bonds is 5. The summed E-state index contributed by atoms with van der Waals surface area (Å²) in [5, 5.41) is 3.16. The van der Waals surface area contributed by atoms with Gasteiger partial charge >= 0.3 is 0 Å². The van der Waals surface area contributed by atoms with Crippen LogP contribution < -0.4 is 11.1 Å². The molecule has 2 unspecified atom stereocenters. The molecule has 7 heteroatoms. The lowest BCUT2D eigenvalue weighted by Crippen LogP contribution is -2.60. The van der Waals surface area contributed by atoms with Crippen LogP contribution in [0.3, 0.4) is 0 Å². The molecule has 2 aliphatic rings. The molecular weight excluding hydrogens is 337 g/mol. The van der Waals surface area contributed by atoms with E-state index in [-0.39, 0.29) is 48.2 Å². The fraction of sp³-hybridized carbons (Fsp3) is 0.938. The summed E-state index contributed by atoms with van der Waals surface area (Å²) in [4.78, 5) is 14.8. The molecule has 0 aromatic carbocycles. The highest BCUT2D eigenvalue weighted by Crippen LogP contribution is 2.30. The first-order valence-corrected chi connectivity index (χ1v) is 8.41. The highest BCUT2D eigenvalue weighted by atomic mass is 35.5. The first-order chi connectivity index (χ1) is 10.1. The van der Waals surface area contributed by atoms with E-state index in [1.54, 1.807) is 0 Å². The van der Waals surface area contributed by atoms with Crippen molar-refractivity contribution in [2.24, 2.45) is 11.7 Å². The van der Waals surface area contributed by atoms with Crippen LogP contribution in [0, 0.1) is 5.92 Å². The SMILES string of the molecule is CC(N)C(C)C(=O)NCC1(N2CCCCC2)CCOCC1.Cl.Cl. The zero-order valence-corrected chi connectivity index (χ0v) is 16.0. The van der Waals surface area contributed by atoms with E-state index in [0.717, 1.165) is 45.7 Å². The minimum Gasteiger partial charge on any atom is -0.381 e. The third-order valence-electron chi connectivity index (χ3n) is 5.24. The van der Waals surface area contributed by atoms with E-state index >= 15 is 0 Å². The van der Waals surface area contributed by atoms with Crippen LogP contribution in [0.4, 0.5) is 0 Å². The van der Waals surface area contributed by atoms with Gasteiger partial charge in [-0.1, -0.05) is 13.3 Å². The molecule has 0 aromatic heterocycles. The van der Waals surface area contributed by atoms with E-state index in [1.165, 1.54) is 19.3 Å². The topological polar surface area (TPSA) is 67.6 Å². The van der Waals surface area contributed by atoms with E-state index in [9.17, 15) is 4.79 Å². The predicted molar refractivity (Wildman–Crippen MR) is 98.5 cm³/mol. The minimum absolute atomic E-state index is 0.